The summed E-state index contributed by atoms with van der Waals surface area (Å²) in [5.41, 5.74) is 18.7. The average Bonchev–Trinajstić information content (AvgIpc) is 3.94. The number of aromatic nitrogens is 4. The number of nitrogens with one attached hydrogen (secondary N) is 2. The highest BCUT2D eigenvalue weighted by atomic mass is 19.4. The summed E-state index contributed by atoms with van der Waals surface area (Å²) in [6.45, 7) is 3.91. The zero-order valence-corrected chi connectivity index (χ0v) is 33.4. The topological polar surface area (TPSA) is 184 Å². The highest BCUT2D eigenvalue weighted by molar-refractivity contribution is 6.09. The molecule has 16 heteroatoms. The van der Waals surface area contributed by atoms with Crippen molar-refractivity contribution in [2.45, 2.75) is 32.9 Å². The fourth-order valence-electron chi connectivity index (χ4n) is 7.44. The molecule has 0 unspecified atom stereocenters. The summed E-state index contributed by atoms with van der Waals surface area (Å²) in [6.07, 6.45) is 0.320. The molecule has 0 spiro atoms. The van der Waals surface area contributed by atoms with Crippen molar-refractivity contribution in [3.05, 3.63) is 149 Å². The monoisotopic (exact) mass is 846 g/mol. The molecule has 0 saturated carbocycles. The Balaban J connectivity index is 0.000000187. The van der Waals surface area contributed by atoms with Crippen LogP contribution in [0.5, 0.6) is 5.75 Å². The molecule has 0 aliphatic carbocycles. The smallest absolute Gasteiger partial charge is 0.416 e. The van der Waals surface area contributed by atoms with Gasteiger partial charge in [0.05, 0.1) is 36.1 Å². The second kappa shape index (κ2) is 17.5. The first-order valence-corrected chi connectivity index (χ1v) is 19.1. The highest BCUT2D eigenvalue weighted by Gasteiger charge is 2.34. The van der Waals surface area contributed by atoms with Crippen LogP contribution in [0.1, 0.15) is 41.2 Å². The van der Waals surface area contributed by atoms with Gasteiger partial charge < -0.3 is 26.6 Å². The third kappa shape index (κ3) is 8.61. The molecular formula is C46H39F5N8O3. The van der Waals surface area contributed by atoms with Gasteiger partial charge in [-0.3, -0.25) is 10.2 Å². The van der Waals surface area contributed by atoms with Crippen molar-refractivity contribution in [3.8, 4) is 50.3 Å². The molecule has 0 fully saturated rings. The van der Waals surface area contributed by atoms with Gasteiger partial charge in [0.2, 0.25) is 0 Å². The van der Waals surface area contributed by atoms with E-state index in [1.165, 1.54) is 19.2 Å². The predicted molar refractivity (Wildman–Crippen MR) is 229 cm³/mol. The largest absolute Gasteiger partial charge is 0.496 e. The standard InChI is InChI=1S/C23H19F3N4O2.C23H20F2N4O/c1-12-3-6-20(32-2)17(7-12)21-16(13-4-5-19-14(8-13)11-28-29-19)9-15(23(24,25)26)10-18(21)22(27)30-31;1-2-3-13-6-19(14-4-5-15-12-27-28-21(15)10-14)22(20(7-13)23(26)29-30)16-8-17(24)11-18(25)9-16/h3-11,31H,1-2H3,(H2,27,30)(H,28,29);4-12,30H,2-3H2,1H3,(H2,26,29)(H,27,28). The number of H-pyrrole nitrogens is 2. The van der Waals surface area contributed by atoms with Gasteiger partial charge in [-0.15, -0.1) is 0 Å². The fourth-order valence-corrected chi connectivity index (χ4v) is 7.44. The lowest BCUT2D eigenvalue weighted by atomic mass is 9.86. The molecule has 0 radical (unpaired) electrons. The lowest BCUT2D eigenvalue weighted by Gasteiger charge is -2.20. The molecule has 62 heavy (non-hydrogen) atoms. The van der Waals surface area contributed by atoms with Crippen molar-refractivity contribution >= 4 is 33.5 Å². The summed E-state index contributed by atoms with van der Waals surface area (Å²) in [5.74, 6) is -1.55. The Morgan fingerprint density at radius 3 is 1.97 bits per heavy atom. The van der Waals surface area contributed by atoms with E-state index in [2.05, 4.69) is 37.6 Å². The van der Waals surface area contributed by atoms with Gasteiger partial charge in [-0.05, 0) is 107 Å². The molecule has 0 aliphatic heterocycles. The second-order valence-corrected chi connectivity index (χ2v) is 14.4. The summed E-state index contributed by atoms with van der Waals surface area (Å²) >= 11 is 0. The first-order valence-electron chi connectivity index (χ1n) is 19.1. The van der Waals surface area contributed by atoms with E-state index in [0.717, 1.165) is 75.1 Å². The van der Waals surface area contributed by atoms with E-state index in [1.807, 2.05) is 37.3 Å². The molecule has 2 aromatic heterocycles. The maximum atomic E-state index is 14.1. The average molecular weight is 847 g/mol. The van der Waals surface area contributed by atoms with E-state index in [1.54, 1.807) is 48.8 Å². The van der Waals surface area contributed by atoms with Crippen molar-refractivity contribution in [2.24, 2.45) is 21.8 Å². The van der Waals surface area contributed by atoms with E-state index in [9.17, 15) is 32.4 Å². The van der Waals surface area contributed by atoms with Crippen molar-refractivity contribution in [1.29, 1.82) is 0 Å². The molecule has 0 saturated heterocycles. The first kappa shape index (κ1) is 42.4. The van der Waals surface area contributed by atoms with Crippen molar-refractivity contribution in [3.63, 3.8) is 0 Å². The zero-order chi connectivity index (χ0) is 44.3. The highest BCUT2D eigenvalue weighted by Crippen LogP contribution is 2.44. The minimum atomic E-state index is -4.64. The van der Waals surface area contributed by atoms with E-state index in [4.69, 9.17) is 16.2 Å². The summed E-state index contributed by atoms with van der Waals surface area (Å²) in [4.78, 5) is 0. The van der Waals surface area contributed by atoms with Gasteiger partial charge in [0, 0.05) is 44.7 Å². The minimum Gasteiger partial charge on any atom is -0.496 e. The minimum absolute atomic E-state index is 0.0616. The number of hydrogen-bond acceptors (Lipinski definition) is 7. The molecule has 8 N–H and O–H groups in total. The van der Waals surface area contributed by atoms with Gasteiger partial charge in [-0.25, -0.2) is 8.78 Å². The zero-order valence-electron chi connectivity index (χ0n) is 33.4. The van der Waals surface area contributed by atoms with Crippen LogP contribution in [-0.4, -0.2) is 49.6 Å². The van der Waals surface area contributed by atoms with Gasteiger partial charge in [0.15, 0.2) is 11.7 Å². The number of amidine groups is 2. The molecule has 8 rings (SSSR count). The number of aryl methyl sites for hydroxylation is 2. The number of nitrogens with zero attached hydrogens (tertiary/aromatic N) is 4. The fraction of sp³-hybridized carbons (Fsp3) is 0.130. The molecule has 0 amide bonds. The van der Waals surface area contributed by atoms with E-state index < -0.39 is 29.2 Å². The van der Waals surface area contributed by atoms with Crippen LogP contribution in [0, 0.1) is 18.6 Å². The maximum absolute atomic E-state index is 14.1. The Kier molecular flexibility index (Phi) is 11.9. The lowest BCUT2D eigenvalue weighted by molar-refractivity contribution is -0.137. The van der Waals surface area contributed by atoms with Crippen LogP contribution in [0.4, 0.5) is 22.0 Å². The maximum Gasteiger partial charge on any atom is 0.416 e. The first-order chi connectivity index (χ1) is 29.7. The van der Waals surface area contributed by atoms with Crippen LogP contribution in [0.15, 0.2) is 120 Å². The van der Waals surface area contributed by atoms with Crippen LogP contribution in [0.25, 0.3) is 66.3 Å². The Labute approximate surface area is 351 Å². The number of methoxy groups -OCH3 is 1. The Bertz CT molecular complexity index is 2990. The Hall–Kier alpha value is -7.75. The van der Waals surface area contributed by atoms with Crippen LogP contribution in [0.2, 0.25) is 0 Å². The molecule has 6 aromatic carbocycles. The molecule has 0 bridgehead atoms. The molecular weight excluding hydrogens is 808 g/mol. The summed E-state index contributed by atoms with van der Waals surface area (Å²) in [6, 6.07) is 25.3. The van der Waals surface area contributed by atoms with Gasteiger partial charge in [-0.2, -0.15) is 23.4 Å². The Morgan fingerprint density at radius 1 is 0.677 bits per heavy atom. The van der Waals surface area contributed by atoms with Crippen LogP contribution >= 0.6 is 0 Å². The van der Waals surface area contributed by atoms with Crippen molar-refractivity contribution in [2.75, 3.05) is 7.11 Å². The number of hydrogen-bond donors (Lipinski definition) is 6. The number of alkyl halides is 3. The molecule has 0 aliphatic rings. The van der Waals surface area contributed by atoms with E-state index >= 15 is 0 Å². The molecule has 0 atom stereocenters. The van der Waals surface area contributed by atoms with Gasteiger partial charge >= 0.3 is 6.18 Å². The Morgan fingerprint density at radius 2 is 1.31 bits per heavy atom. The van der Waals surface area contributed by atoms with Gasteiger partial charge in [-0.1, -0.05) is 59.6 Å². The number of fused-ring (bicyclic) bond motifs is 2. The van der Waals surface area contributed by atoms with Crippen LogP contribution < -0.4 is 16.2 Å². The quantitative estimate of drug-likeness (QED) is 0.0274. The number of oxime groups is 2. The van der Waals surface area contributed by atoms with Gasteiger partial charge in [0.1, 0.15) is 17.4 Å². The number of aromatic amines is 2. The molecule has 316 valence electrons. The van der Waals surface area contributed by atoms with E-state index in [0.29, 0.717) is 39.1 Å². The summed E-state index contributed by atoms with van der Waals surface area (Å²) < 4.78 is 75.0. The summed E-state index contributed by atoms with van der Waals surface area (Å²) in [5, 5.41) is 40.3. The molecule has 2 heterocycles. The second-order valence-electron chi connectivity index (χ2n) is 14.4. The molecule has 8 aromatic rings. The number of ether oxygens (including phenoxy) is 1. The van der Waals surface area contributed by atoms with Crippen LogP contribution in [0.3, 0.4) is 0 Å². The van der Waals surface area contributed by atoms with Crippen LogP contribution in [-0.2, 0) is 12.6 Å². The predicted octanol–water partition coefficient (Wildman–Crippen LogP) is 10.5. The summed E-state index contributed by atoms with van der Waals surface area (Å²) in [7, 11) is 1.47. The van der Waals surface area contributed by atoms with Crippen molar-refractivity contribution < 1.29 is 37.1 Å². The number of rotatable bonds is 9. The lowest BCUT2D eigenvalue weighted by Crippen LogP contribution is -2.17. The normalized spacial score (nSPS) is 12.1. The number of benzene rings is 6. The van der Waals surface area contributed by atoms with E-state index in [-0.39, 0.29) is 17.0 Å². The van der Waals surface area contributed by atoms with Gasteiger partial charge in [0.25, 0.3) is 0 Å². The molecule has 11 nitrogen and oxygen atoms in total. The number of nitrogens with two attached hydrogens (primary N) is 2. The third-order valence-electron chi connectivity index (χ3n) is 10.2. The third-order valence-corrected chi connectivity index (χ3v) is 10.2. The SMILES string of the molecule is CCCc1cc(C(N)=NO)c(-c2cc(F)cc(F)c2)c(-c2ccc3cn[nH]c3c2)c1.COc1ccc(C)cc1-c1c(C(N)=NO)cc(C(F)(F)F)cc1-c1ccc2[nH]ncc2c1. The van der Waals surface area contributed by atoms with Crippen molar-refractivity contribution in [1.82, 2.24) is 20.4 Å². The number of halogens is 5.